The fraction of sp³-hybridized carbons (Fsp3) is 0.588. The van der Waals surface area contributed by atoms with E-state index in [-0.39, 0.29) is 41.3 Å². The summed E-state index contributed by atoms with van der Waals surface area (Å²) in [6.45, 7) is 18.9. The quantitative estimate of drug-likeness (QED) is 0.0241. The van der Waals surface area contributed by atoms with Crippen molar-refractivity contribution in [2.75, 3.05) is 26.4 Å². The number of carboxylic acid groups (broad SMARTS) is 1. The molecule has 0 amide bonds. The molecule has 0 aliphatic carbocycles. The van der Waals surface area contributed by atoms with Gasteiger partial charge >= 0.3 is 17.9 Å². The van der Waals surface area contributed by atoms with E-state index in [1.54, 1.807) is 36.4 Å². The Hall–Kier alpha value is -4.40. The Morgan fingerprint density at radius 1 is 0.446 bits per heavy atom. The highest BCUT2D eigenvalue weighted by atomic mass is 32.2. The van der Waals surface area contributed by atoms with Crippen molar-refractivity contribution in [2.24, 2.45) is 35.0 Å². The number of carboxylic acids is 1. The van der Waals surface area contributed by atoms with Crippen molar-refractivity contribution in [1.82, 2.24) is 0 Å². The first-order chi connectivity index (χ1) is 34.2. The van der Waals surface area contributed by atoms with Crippen LogP contribution in [0.1, 0.15) is 130 Å². The Morgan fingerprint density at radius 2 is 0.676 bits per heavy atom. The van der Waals surface area contributed by atoms with Gasteiger partial charge in [0.2, 0.25) is 0 Å². The summed E-state index contributed by atoms with van der Waals surface area (Å²) in [6.07, 6.45) is 9.09. The van der Waals surface area contributed by atoms with Gasteiger partial charge in [-0.1, -0.05) is 107 Å². The summed E-state index contributed by atoms with van der Waals surface area (Å²) in [5, 5.41) is 24.9. The van der Waals surface area contributed by atoms with E-state index in [2.05, 4.69) is 0 Å². The number of hydrogen-bond acceptors (Lipinski definition) is 16. The molecule has 0 aromatic heterocycles. The van der Waals surface area contributed by atoms with Crippen LogP contribution in [0.2, 0.25) is 0 Å². The number of carbonyl (C=O) groups is 3. The van der Waals surface area contributed by atoms with Gasteiger partial charge in [-0.3, -0.25) is 28.0 Å². The zero-order chi connectivity index (χ0) is 57.7. The Labute approximate surface area is 442 Å². The zero-order valence-corrected chi connectivity index (χ0v) is 47.1. The smallest absolute Gasteiger partial charge is 0.322 e. The Bertz CT molecular complexity index is 2090. The highest BCUT2D eigenvalue weighted by Gasteiger charge is 2.18. The minimum Gasteiger partial charge on any atom is -0.480 e. The van der Waals surface area contributed by atoms with Gasteiger partial charge in [0.1, 0.15) is 18.1 Å². The molecule has 74 heavy (non-hydrogen) atoms. The standard InChI is InChI=1S/C18H36N2O4.3C7H8O3S.C6H13NO2.C6H14O2.H2/c1-13(2)11-15(19)17(21)23-9-7-5-6-8-10-24-18(22)16(20)12-14(3)4;3*1-6-2-4-7(5-3-6)11(8,9)10;1-4(2)3-5(7)6(8)9;7-5-3-1-2-4-6-8;/h13-16H,5-12,19-20H2,1-4H3;3*2-5H,1H3,(H,8,9,10);4-5H,3,7H2,1-2H3,(H,8,9);7-8H,1-6H2;1H. The number of aryl methyl sites for hydroxylation is 3. The maximum absolute atomic E-state index is 11.6. The molecule has 23 heteroatoms. The number of aliphatic hydroxyl groups excluding tert-OH is 2. The lowest BCUT2D eigenvalue weighted by atomic mass is 10.1. The first-order valence-corrected chi connectivity index (χ1v) is 28.7. The van der Waals surface area contributed by atoms with E-state index in [0.717, 1.165) is 68.1 Å². The molecule has 0 bridgehead atoms. The number of esters is 2. The van der Waals surface area contributed by atoms with Gasteiger partial charge in [-0.25, -0.2) is 0 Å². The Kier molecular flexibility index (Phi) is 40.8. The summed E-state index contributed by atoms with van der Waals surface area (Å²) in [5.41, 5.74) is 19.6. The molecule has 0 heterocycles. The van der Waals surface area contributed by atoms with Crippen LogP contribution in [0.3, 0.4) is 0 Å². The van der Waals surface area contributed by atoms with Gasteiger partial charge in [0.15, 0.2) is 0 Å². The molecule has 0 aliphatic heterocycles. The monoisotopic (exact) mass is 1110 g/mol. The molecule has 0 spiro atoms. The van der Waals surface area contributed by atoms with E-state index in [9.17, 15) is 39.6 Å². The molecule has 12 N–H and O–H groups in total. The maximum Gasteiger partial charge on any atom is 0.322 e. The summed E-state index contributed by atoms with van der Waals surface area (Å²) in [6, 6.07) is 16.2. The number of aliphatic hydroxyl groups is 2. The highest BCUT2D eigenvalue weighted by molar-refractivity contribution is 7.86. The average molecular weight is 1110 g/mol. The van der Waals surface area contributed by atoms with Gasteiger partial charge in [0, 0.05) is 14.6 Å². The van der Waals surface area contributed by atoms with Crippen LogP contribution < -0.4 is 17.2 Å². The third kappa shape index (κ3) is 42.9. The zero-order valence-electron chi connectivity index (χ0n) is 44.6. The molecule has 3 aromatic carbocycles. The molecule has 3 atom stereocenters. The van der Waals surface area contributed by atoms with Crippen molar-refractivity contribution in [3.05, 3.63) is 89.5 Å². The largest absolute Gasteiger partial charge is 0.480 e. The summed E-state index contributed by atoms with van der Waals surface area (Å²) < 4.78 is 99.0. The van der Waals surface area contributed by atoms with E-state index in [4.69, 9.17) is 55.7 Å². The lowest BCUT2D eigenvalue weighted by molar-refractivity contribution is -0.146. The van der Waals surface area contributed by atoms with Crippen molar-refractivity contribution in [1.29, 1.82) is 0 Å². The predicted molar refractivity (Wildman–Crippen MR) is 288 cm³/mol. The molecule has 3 unspecified atom stereocenters. The van der Waals surface area contributed by atoms with Crippen LogP contribution in [-0.4, -0.2) is 117 Å². The highest BCUT2D eigenvalue weighted by Crippen LogP contribution is 2.12. The average Bonchev–Trinajstić information content (AvgIpc) is 3.28. The molecule has 0 fully saturated rings. The van der Waals surface area contributed by atoms with Crippen molar-refractivity contribution in [3.63, 3.8) is 0 Å². The second kappa shape index (κ2) is 40.9. The lowest BCUT2D eigenvalue weighted by Crippen LogP contribution is -2.33. The molecule has 20 nitrogen and oxygen atoms in total. The van der Waals surface area contributed by atoms with E-state index in [1.807, 2.05) is 62.3 Å². The number of carbonyl (C=O) groups excluding carboxylic acids is 2. The number of ether oxygens (including phenoxy) is 2. The molecule has 0 saturated heterocycles. The summed E-state index contributed by atoms with van der Waals surface area (Å²) >= 11 is 0. The first kappa shape index (κ1) is 73.8. The topological polar surface area (TPSA) is 372 Å². The van der Waals surface area contributed by atoms with Crippen molar-refractivity contribution in [2.45, 2.75) is 166 Å². The molecule has 3 rings (SSSR count). The van der Waals surface area contributed by atoms with Crippen LogP contribution in [-0.2, 0) is 54.2 Å². The third-order valence-corrected chi connectivity index (χ3v) is 12.3. The molecular formula is C51H89N3O17S3. The van der Waals surface area contributed by atoms with Gasteiger partial charge in [-0.05, 0) is 133 Å². The maximum atomic E-state index is 11.6. The fourth-order valence-corrected chi connectivity index (χ4v) is 7.08. The number of rotatable bonds is 24. The van der Waals surface area contributed by atoms with Crippen LogP contribution in [0.25, 0.3) is 0 Å². The molecular weight excluding hydrogens is 1020 g/mol. The molecule has 0 saturated carbocycles. The SMILES string of the molecule is CC(C)CC(N)C(=O)O.CC(C)CC(N)C(=O)OCCCCCCOC(=O)C(N)CC(C)C.Cc1ccc(S(=O)(=O)O)cc1.Cc1ccc(S(=O)(=O)O)cc1.Cc1ccc(S(=O)(=O)O)cc1.OCCCCCCO.[HH]. The lowest BCUT2D eigenvalue weighted by Gasteiger charge is -2.14. The third-order valence-electron chi connectivity index (χ3n) is 9.65. The van der Waals surface area contributed by atoms with Crippen molar-refractivity contribution < 1.29 is 79.5 Å². The van der Waals surface area contributed by atoms with Crippen LogP contribution >= 0.6 is 0 Å². The summed E-state index contributed by atoms with van der Waals surface area (Å²) in [4.78, 5) is 33.1. The molecule has 0 radical (unpaired) electrons. The summed E-state index contributed by atoms with van der Waals surface area (Å²) in [7, 11) is -12.1. The number of unbranched alkanes of at least 4 members (excludes halogenated alkanes) is 6. The van der Waals surface area contributed by atoms with E-state index < -0.39 is 54.4 Å². The minimum absolute atomic E-state index is 0. The Balaban J connectivity index is -0.000000423. The van der Waals surface area contributed by atoms with Gasteiger partial charge < -0.3 is 42.0 Å². The normalized spacial score (nSPS) is 12.3. The fourth-order valence-electron chi connectivity index (χ4n) is 5.64. The molecule has 3 aromatic rings. The number of nitrogens with two attached hydrogens (primary N) is 3. The van der Waals surface area contributed by atoms with Crippen LogP contribution in [0.4, 0.5) is 0 Å². The van der Waals surface area contributed by atoms with Crippen LogP contribution in [0.15, 0.2) is 87.5 Å². The van der Waals surface area contributed by atoms with Crippen molar-refractivity contribution in [3.8, 4) is 0 Å². The Morgan fingerprint density at radius 3 is 0.865 bits per heavy atom. The number of aliphatic carboxylic acids is 1. The van der Waals surface area contributed by atoms with E-state index >= 15 is 0 Å². The van der Waals surface area contributed by atoms with Gasteiger partial charge in [-0.2, -0.15) is 25.3 Å². The summed E-state index contributed by atoms with van der Waals surface area (Å²) in [5.74, 6) is -0.443. The van der Waals surface area contributed by atoms with Crippen LogP contribution in [0, 0.1) is 38.5 Å². The van der Waals surface area contributed by atoms with Gasteiger partial charge in [0.25, 0.3) is 30.4 Å². The minimum atomic E-state index is -4.02. The van der Waals surface area contributed by atoms with Crippen LogP contribution in [0.5, 0.6) is 0 Å². The predicted octanol–water partition coefficient (Wildman–Crippen LogP) is 7.33. The molecule has 0 aliphatic rings. The van der Waals surface area contributed by atoms with Gasteiger partial charge in [-0.15, -0.1) is 0 Å². The second-order valence-corrected chi connectivity index (χ2v) is 22.8. The van der Waals surface area contributed by atoms with Gasteiger partial charge in [0.05, 0.1) is 27.9 Å². The second-order valence-electron chi connectivity index (χ2n) is 18.5. The van der Waals surface area contributed by atoms with E-state index in [1.165, 1.54) is 36.4 Å². The molecule has 428 valence electrons. The van der Waals surface area contributed by atoms with Crippen molar-refractivity contribution >= 4 is 48.3 Å². The number of hydrogen-bond donors (Lipinski definition) is 9. The number of benzene rings is 3. The van der Waals surface area contributed by atoms with E-state index in [0.29, 0.717) is 50.2 Å². The first-order valence-electron chi connectivity index (χ1n) is 24.4.